The molecule has 0 fully saturated rings. The van der Waals surface area contributed by atoms with E-state index in [2.05, 4.69) is 0 Å². The lowest BCUT2D eigenvalue weighted by molar-refractivity contribution is 0.231. The number of hydrogen-bond acceptors (Lipinski definition) is 7. The molecule has 1 aliphatic heterocycles. The molecular formula is C24H20N2O5. The number of fused-ring (bicyclic) bond motifs is 1. The van der Waals surface area contributed by atoms with E-state index in [0.717, 1.165) is 11.6 Å². The van der Waals surface area contributed by atoms with Crippen molar-refractivity contribution in [3.8, 4) is 17.6 Å². The van der Waals surface area contributed by atoms with Crippen molar-refractivity contribution in [2.24, 2.45) is 5.73 Å². The molecule has 31 heavy (non-hydrogen) atoms. The highest BCUT2D eigenvalue weighted by molar-refractivity contribution is 5.52. The molecule has 1 unspecified atom stereocenters. The number of nitrogens with zero attached hydrogens (tertiary/aromatic N) is 1. The van der Waals surface area contributed by atoms with Crippen molar-refractivity contribution < 1.29 is 19.0 Å². The minimum absolute atomic E-state index is 0.0770. The molecule has 1 aliphatic rings. The van der Waals surface area contributed by atoms with Crippen molar-refractivity contribution >= 4 is 0 Å². The van der Waals surface area contributed by atoms with Gasteiger partial charge in [-0.05, 0) is 30.2 Å². The lowest BCUT2D eigenvalue weighted by Gasteiger charge is -2.24. The van der Waals surface area contributed by atoms with Gasteiger partial charge in [0.2, 0.25) is 17.1 Å². The summed E-state index contributed by atoms with van der Waals surface area (Å²) in [6, 6.07) is 18.4. The molecule has 0 aliphatic carbocycles. The summed E-state index contributed by atoms with van der Waals surface area (Å²) >= 11 is 0. The first kappa shape index (κ1) is 20.3. The summed E-state index contributed by atoms with van der Waals surface area (Å²) in [7, 11) is 0. The average Bonchev–Trinajstić information content (AvgIpc) is 2.78. The second-order valence-corrected chi connectivity index (χ2v) is 7.20. The fourth-order valence-corrected chi connectivity index (χ4v) is 3.40. The largest absolute Gasteiger partial charge is 0.489 e. The molecule has 3 N–H and O–H groups in total. The average molecular weight is 416 g/mol. The minimum Gasteiger partial charge on any atom is -0.489 e. The Morgan fingerprint density at radius 1 is 1.16 bits per heavy atom. The number of aliphatic hydroxyl groups excluding tert-OH is 1. The lowest BCUT2D eigenvalue weighted by Crippen LogP contribution is -2.25. The highest BCUT2D eigenvalue weighted by atomic mass is 16.5. The van der Waals surface area contributed by atoms with E-state index in [0.29, 0.717) is 17.9 Å². The Labute approximate surface area is 178 Å². The van der Waals surface area contributed by atoms with Crippen LogP contribution in [0.5, 0.6) is 11.5 Å². The van der Waals surface area contributed by atoms with Crippen molar-refractivity contribution in [1.29, 1.82) is 5.26 Å². The molecule has 3 aromatic rings. The van der Waals surface area contributed by atoms with Crippen LogP contribution in [-0.2, 0) is 13.2 Å². The van der Waals surface area contributed by atoms with Crippen molar-refractivity contribution in [3.63, 3.8) is 0 Å². The van der Waals surface area contributed by atoms with Gasteiger partial charge >= 0.3 is 0 Å². The molecule has 2 heterocycles. The molecule has 2 aromatic carbocycles. The van der Waals surface area contributed by atoms with Crippen LogP contribution < -0.4 is 20.6 Å². The molecule has 0 saturated carbocycles. The van der Waals surface area contributed by atoms with E-state index < -0.39 is 18.0 Å². The third-order valence-electron chi connectivity index (χ3n) is 5.02. The zero-order valence-corrected chi connectivity index (χ0v) is 16.8. The first-order chi connectivity index (χ1) is 15.0. The number of ether oxygens (including phenoxy) is 2. The number of allylic oxidation sites excluding steroid dienone is 1. The van der Waals surface area contributed by atoms with Gasteiger partial charge in [0, 0.05) is 6.07 Å². The summed E-state index contributed by atoms with van der Waals surface area (Å²) in [4.78, 5) is 12.4. The predicted molar refractivity (Wildman–Crippen MR) is 112 cm³/mol. The number of nitriles is 1. The number of hydrogen-bond donors (Lipinski definition) is 2. The van der Waals surface area contributed by atoms with Gasteiger partial charge in [-0.1, -0.05) is 42.0 Å². The first-order valence-electron chi connectivity index (χ1n) is 9.64. The predicted octanol–water partition coefficient (Wildman–Crippen LogP) is 3.24. The van der Waals surface area contributed by atoms with E-state index in [1.165, 1.54) is 5.56 Å². The maximum Gasteiger partial charge on any atom is 0.228 e. The highest BCUT2D eigenvalue weighted by Gasteiger charge is 2.35. The van der Waals surface area contributed by atoms with E-state index >= 15 is 0 Å². The van der Waals surface area contributed by atoms with Crippen LogP contribution in [0.25, 0.3) is 0 Å². The fraction of sp³-hybridized carbons (Fsp3) is 0.167. The van der Waals surface area contributed by atoms with Gasteiger partial charge in [-0.25, -0.2) is 0 Å². The van der Waals surface area contributed by atoms with Gasteiger partial charge in [0.15, 0.2) is 5.76 Å². The zero-order valence-electron chi connectivity index (χ0n) is 16.8. The number of benzene rings is 2. The van der Waals surface area contributed by atoms with Crippen molar-refractivity contribution in [2.45, 2.75) is 26.1 Å². The quantitative estimate of drug-likeness (QED) is 0.655. The zero-order chi connectivity index (χ0) is 22.0. The molecule has 0 radical (unpaired) electrons. The van der Waals surface area contributed by atoms with E-state index in [-0.39, 0.29) is 28.7 Å². The molecule has 0 saturated heterocycles. The van der Waals surface area contributed by atoms with Crippen molar-refractivity contribution in [3.05, 3.63) is 104 Å². The standard InChI is InChI=1S/C24H20N2O5/c1-14-2-4-15(5-3-14)13-29-17-8-6-16(7-9-17)21-19(11-25)24(26)31-22-20(28)10-18(12-27)30-23(21)22/h2-10,21,27H,12-13,26H2,1H3. The fourth-order valence-electron chi connectivity index (χ4n) is 3.40. The molecule has 1 aromatic heterocycles. The lowest BCUT2D eigenvalue weighted by atomic mass is 9.87. The summed E-state index contributed by atoms with van der Waals surface area (Å²) in [5.41, 5.74) is 8.45. The minimum atomic E-state index is -0.737. The SMILES string of the molecule is Cc1ccc(COc2ccc(C3C(C#N)=C(N)Oc4c3oc(CO)cc4=O)cc2)cc1. The normalized spacial score (nSPS) is 15.1. The molecule has 156 valence electrons. The second-order valence-electron chi connectivity index (χ2n) is 7.20. The number of rotatable bonds is 5. The Bertz CT molecular complexity index is 1230. The molecular weight excluding hydrogens is 396 g/mol. The molecule has 1 atom stereocenters. The van der Waals surface area contributed by atoms with Crippen LogP contribution >= 0.6 is 0 Å². The summed E-state index contributed by atoms with van der Waals surface area (Å²) in [6.07, 6.45) is 0. The summed E-state index contributed by atoms with van der Waals surface area (Å²) in [5.74, 6) is -0.109. The van der Waals surface area contributed by atoms with Gasteiger partial charge in [0.25, 0.3) is 0 Å². The maximum atomic E-state index is 12.4. The van der Waals surface area contributed by atoms with Gasteiger partial charge in [-0.15, -0.1) is 0 Å². The van der Waals surface area contributed by atoms with E-state index in [9.17, 15) is 15.2 Å². The van der Waals surface area contributed by atoms with E-state index in [4.69, 9.17) is 19.6 Å². The first-order valence-corrected chi connectivity index (χ1v) is 9.64. The summed E-state index contributed by atoms with van der Waals surface area (Å²) in [5, 5.41) is 19.0. The van der Waals surface area contributed by atoms with Crippen LogP contribution in [0.2, 0.25) is 0 Å². The van der Waals surface area contributed by atoms with Gasteiger partial charge in [0.1, 0.15) is 36.4 Å². The monoisotopic (exact) mass is 416 g/mol. The van der Waals surface area contributed by atoms with Crippen molar-refractivity contribution in [2.75, 3.05) is 0 Å². The Balaban J connectivity index is 1.65. The molecule has 4 rings (SSSR count). The molecule has 0 amide bonds. The van der Waals surface area contributed by atoms with Gasteiger partial charge in [-0.2, -0.15) is 5.26 Å². The number of aryl methyl sites for hydroxylation is 1. The molecule has 7 nitrogen and oxygen atoms in total. The Morgan fingerprint density at radius 3 is 2.52 bits per heavy atom. The van der Waals surface area contributed by atoms with Crippen LogP contribution in [0.3, 0.4) is 0 Å². The number of aliphatic hydroxyl groups is 1. The topological polar surface area (TPSA) is 119 Å². The van der Waals surface area contributed by atoms with Gasteiger partial charge in [-0.3, -0.25) is 4.79 Å². The van der Waals surface area contributed by atoms with E-state index in [1.807, 2.05) is 37.3 Å². The van der Waals surface area contributed by atoms with E-state index in [1.54, 1.807) is 24.3 Å². The van der Waals surface area contributed by atoms with Crippen LogP contribution in [0.4, 0.5) is 0 Å². The molecule has 0 bridgehead atoms. The smallest absolute Gasteiger partial charge is 0.228 e. The molecule has 7 heteroatoms. The van der Waals surface area contributed by atoms with Gasteiger partial charge < -0.3 is 24.7 Å². The van der Waals surface area contributed by atoms with Crippen LogP contribution in [0.1, 0.15) is 34.1 Å². The summed E-state index contributed by atoms with van der Waals surface area (Å²) in [6.45, 7) is 1.99. The van der Waals surface area contributed by atoms with Crippen LogP contribution in [-0.4, -0.2) is 5.11 Å². The third kappa shape index (κ3) is 4.02. The Kier molecular flexibility index (Phi) is 5.48. The summed E-state index contributed by atoms with van der Waals surface area (Å²) < 4.78 is 16.9. The Morgan fingerprint density at radius 2 is 1.87 bits per heavy atom. The second kappa shape index (κ2) is 8.38. The highest BCUT2D eigenvalue weighted by Crippen LogP contribution is 2.41. The number of nitrogens with two attached hydrogens (primary N) is 1. The van der Waals surface area contributed by atoms with Crippen molar-refractivity contribution in [1.82, 2.24) is 0 Å². The molecule has 0 spiro atoms. The van der Waals surface area contributed by atoms with Crippen LogP contribution in [0.15, 0.2) is 75.3 Å². The Hall–Kier alpha value is -4.02. The third-order valence-corrected chi connectivity index (χ3v) is 5.02. The van der Waals surface area contributed by atoms with Gasteiger partial charge in [0.05, 0.1) is 5.92 Å². The maximum absolute atomic E-state index is 12.4. The van der Waals surface area contributed by atoms with Crippen LogP contribution in [0, 0.1) is 18.3 Å².